The van der Waals surface area contributed by atoms with Crippen LogP contribution >= 0.6 is 0 Å². The van der Waals surface area contributed by atoms with E-state index in [1.807, 2.05) is 0 Å². The van der Waals surface area contributed by atoms with Gasteiger partial charge in [-0.05, 0) is 17.3 Å². The van der Waals surface area contributed by atoms with E-state index in [0.717, 1.165) is 6.07 Å². The molecule has 0 fully saturated rings. The summed E-state index contributed by atoms with van der Waals surface area (Å²) in [6, 6.07) is 5.26. The lowest BCUT2D eigenvalue weighted by molar-refractivity contribution is 0.624. The van der Waals surface area contributed by atoms with Gasteiger partial charge < -0.3 is 0 Å². The summed E-state index contributed by atoms with van der Waals surface area (Å²) < 4.78 is 12.6. The molecule has 0 aromatic heterocycles. The third-order valence-corrected chi connectivity index (χ3v) is 1.20. The molecule has 54 valence electrons. The zero-order chi connectivity index (χ0) is 8.27. The first-order valence-corrected chi connectivity index (χ1v) is 2.81. The van der Waals surface area contributed by atoms with Crippen molar-refractivity contribution in [2.45, 2.75) is 0 Å². The molecule has 11 heavy (non-hydrogen) atoms. The molecule has 0 N–H and O–H groups in total. The van der Waals surface area contributed by atoms with Crippen LogP contribution in [0.1, 0.15) is 5.56 Å². The molecule has 1 aromatic carbocycles. The van der Waals surface area contributed by atoms with E-state index in [-0.39, 0.29) is 11.3 Å². The Balaban J connectivity index is 3.38. The molecule has 0 saturated carbocycles. The standard InChI is InChI=1S/C7H3FN2O/c8-6-2-1-3-7(10-11)5(6)4-9/h1-3H. The maximum absolute atomic E-state index is 12.6. The second-order valence-corrected chi connectivity index (χ2v) is 1.84. The molecule has 0 saturated heterocycles. The normalized spacial score (nSPS) is 8.73. The summed E-state index contributed by atoms with van der Waals surface area (Å²) in [5.41, 5.74) is -0.463. The van der Waals surface area contributed by atoms with Crippen LogP contribution in [-0.4, -0.2) is 0 Å². The van der Waals surface area contributed by atoms with Crippen molar-refractivity contribution < 1.29 is 4.39 Å². The van der Waals surface area contributed by atoms with Gasteiger partial charge in [0.2, 0.25) is 0 Å². The van der Waals surface area contributed by atoms with E-state index in [1.54, 1.807) is 6.07 Å². The predicted molar refractivity (Wildman–Crippen MR) is 36.6 cm³/mol. The Morgan fingerprint density at radius 1 is 1.55 bits per heavy atom. The molecule has 0 aliphatic rings. The highest BCUT2D eigenvalue weighted by Crippen LogP contribution is 2.19. The van der Waals surface area contributed by atoms with Crippen LogP contribution in [0.15, 0.2) is 23.4 Å². The van der Waals surface area contributed by atoms with Gasteiger partial charge in [0.25, 0.3) is 0 Å². The monoisotopic (exact) mass is 150 g/mol. The smallest absolute Gasteiger partial charge is 0.143 e. The van der Waals surface area contributed by atoms with E-state index in [0.29, 0.717) is 0 Å². The molecule has 0 aliphatic carbocycles. The minimum Gasteiger partial charge on any atom is -0.205 e. The quantitative estimate of drug-likeness (QED) is 0.575. The molecule has 4 heteroatoms. The number of hydrogen-bond donors (Lipinski definition) is 0. The fourth-order valence-electron chi connectivity index (χ4n) is 0.700. The second-order valence-electron chi connectivity index (χ2n) is 1.84. The largest absolute Gasteiger partial charge is 0.205 e. The van der Waals surface area contributed by atoms with Crippen LogP contribution in [0.3, 0.4) is 0 Å². The Morgan fingerprint density at radius 2 is 2.27 bits per heavy atom. The summed E-state index contributed by atoms with van der Waals surface area (Å²) >= 11 is 0. The topological polar surface area (TPSA) is 53.2 Å². The van der Waals surface area contributed by atoms with Crippen molar-refractivity contribution in [3.05, 3.63) is 34.5 Å². The SMILES string of the molecule is N#Cc1c(F)cccc1N=O. The summed E-state index contributed by atoms with van der Waals surface area (Å²) in [7, 11) is 0. The van der Waals surface area contributed by atoms with E-state index >= 15 is 0 Å². The molecule has 1 rings (SSSR count). The van der Waals surface area contributed by atoms with Crippen molar-refractivity contribution in [3.8, 4) is 6.07 Å². The Hall–Kier alpha value is -1.76. The van der Waals surface area contributed by atoms with Crippen LogP contribution in [-0.2, 0) is 0 Å². The van der Waals surface area contributed by atoms with Crippen LogP contribution in [0.2, 0.25) is 0 Å². The van der Waals surface area contributed by atoms with Crippen molar-refractivity contribution in [3.63, 3.8) is 0 Å². The highest BCUT2D eigenvalue weighted by Gasteiger charge is 2.06. The number of halogens is 1. The number of nitroso groups, excluding NO2 is 1. The van der Waals surface area contributed by atoms with Crippen molar-refractivity contribution in [2.75, 3.05) is 0 Å². The Morgan fingerprint density at radius 3 is 2.73 bits per heavy atom. The van der Waals surface area contributed by atoms with Gasteiger partial charge in [-0.3, -0.25) is 0 Å². The van der Waals surface area contributed by atoms with Crippen molar-refractivity contribution >= 4 is 5.69 Å². The molecule has 0 heterocycles. The summed E-state index contributed by atoms with van der Waals surface area (Å²) in [6.07, 6.45) is 0. The fraction of sp³-hybridized carbons (Fsp3) is 0. The van der Waals surface area contributed by atoms with Crippen molar-refractivity contribution in [2.24, 2.45) is 5.18 Å². The van der Waals surface area contributed by atoms with Gasteiger partial charge in [0, 0.05) is 0 Å². The minimum atomic E-state index is -0.718. The van der Waals surface area contributed by atoms with Crippen molar-refractivity contribution in [1.29, 1.82) is 5.26 Å². The van der Waals surface area contributed by atoms with Crippen LogP contribution in [0.5, 0.6) is 0 Å². The maximum Gasteiger partial charge on any atom is 0.143 e. The summed E-state index contributed by atoms with van der Waals surface area (Å²) in [6.45, 7) is 0. The van der Waals surface area contributed by atoms with Gasteiger partial charge in [0.05, 0.1) is 0 Å². The minimum absolute atomic E-state index is 0.160. The van der Waals surface area contributed by atoms with Crippen LogP contribution < -0.4 is 0 Å². The van der Waals surface area contributed by atoms with Gasteiger partial charge in [0.15, 0.2) is 0 Å². The van der Waals surface area contributed by atoms with Crippen LogP contribution in [0.25, 0.3) is 0 Å². The van der Waals surface area contributed by atoms with E-state index < -0.39 is 5.82 Å². The second kappa shape index (κ2) is 2.88. The molecule has 0 spiro atoms. The highest BCUT2D eigenvalue weighted by atomic mass is 19.1. The highest BCUT2D eigenvalue weighted by molar-refractivity contribution is 5.53. The Kier molecular flexibility index (Phi) is 1.93. The van der Waals surface area contributed by atoms with Gasteiger partial charge in [-0.25, -0.2) is 4.39 Å². The average molecular weight is 150 g/mol. The number of hydrogen-bond acceptors (Lipinski definition) is 3. The number of rotatable bonds is 1. The third kappa shape index (κ3) is 1.22. The zero-order valence-corrected chi connectivity index (χ0v) is 5.41. The Bertz CT molecular complexity index is 330. The summed E-state index contributed by atoms with van der Waals surface area (Å²) in [5.74, 6) is -0.718. The van der Waals surface area contributed by atoms with Gasteiger partial charge >= 0.3 is 0 Å². The predicted octanol–water partition coefficient (Wildman–Crippen LogP) is 2.10. The molecule has 0 atom stereocenters. The van der Waals surface area contributed by atoms with E-state index in [1.165, 1.54) is 12.1 Å². The molecule has 0 amide bonds. The van der Waals surface area contributed by atoms with E-state index in [2.05, 4.69) is 5.18 Å². The lowest BCUT2D eigenvalue weighted by atomic mass is 10.2. The molecule has 0 radical (unpaired) electrons. The Labute approximate surface area is 62.0 Å². The number of nitriles is 1. The molecule has 0 aliphatic heterocycles. The van der Waals surface area contributed by atoms with Crippen LogP contribution in [0, 0.1) is 22.1 Å². The van der Waals surface area contributed by atoms with E-state index in [4.69, 9.17) is 5.26 Å². The van der Waals surface area contributed by atoms with Crippen LogP contribution in [0.4, 0.5) is 10.1 Å². The maximum atomic E-state index is 12.6. The average Bonchev–Trinajstić information content (AvgIpc) is 2.04. The molecular formula is C7H3FN2O. The van der Waals surface area contributed by atoms with Gasteiger partial charge in [-0.2, -0.15) is 5.26 Å². The van der Waals surface area contributed by atoms with Gasteiger partial charge in [-0.1, -0.05) is 6.07 Å². The number of nitrogens with zero attached hydrogens (tertiary/aromatic N) is 2. The lowest BCUT2D eigenvalue weighted by Crippen LogP contribution is -1.81. The summed E-state index contributed by atoms with van der Waals surface area (Å²) in [4.78, 5) is 9.97. The van der Waals surface area contributed by atoms with Crippen molar-refractivity contribution in [1.82, 2.24) is 0 Å². The first-order valence-electron chi connectivity index (χ1n) is 2.81. The first kappa shape index (κ1) is 7.35. The lowest BCUT2D eigenvalue weighted by Gasteiger charge is -1.92. The molecule has 1 aromatic rings. The summed E-state index contributed by atoms with van der Waals surface area (Å²) in [5, 5.41) is 10.8. The van der Waals surface area contributed by atoms with Gasteiger partial charge in [0.1, 0.15) is 23.1 Å². The molecule has 0 bridgehead atoms. The molecular weight excluding hydrogens is 147 g/mol. The zero-order valence-electron chi connectivity index (χ0n) is 5.41. The first-order chi connectivity index (χ1) is 5.29. The third-order valence-electron chi connectivity index (χ3n) is 1.20. The molecule has 0 unspecified atom stereocenters. The van der Waals surface area contributed by atoms with Gasteiger partial charge in [-0.15, -0.1) is 4.91 Å². The van der Waals surface area contributed by atoms with E-state index in [9.17, 15) is 9.30 Å². The number of benzene rings is 1. The molecule has 3 nitrogen and oxygen atoms in total. The fourth-order valence-corrected chi connectivity index (χ4v) is 0.700.